The molecular formula is C20H23NO4. The molecule has 0 radical (unpaired) electrons. The van der Waals surface area contributed by atoms with E-state index >= 15 is 0 Å². The van der Waals surface area contributed by atoms with Crippen LogP contribution < -0.4 is 10.1 Å². The molecule has 0 aliphatic carbocycles. The second-order valence-electron chi connectivity index (χ2n) is 5.64. The number of rotatable bonds is 7. The fourth-order valence-electron chi connectivity index (χ4n) is 2.52. The maximum atomic E-state index is 12.4. The highest BCUT2D eigenvalue weighted by Gasteiger charge is 2.25. The minimum atomic E-state index is -0.907. The average molecular weight is 341 g/mol. The Labute approximate surface area is 148 Å². The summed E-state index contributed by atoms with van der Waals surface area (Å²) in [6.45, 7) is 3.47. The summed E-state index contributed by atoms with van der Waals surface area (Å²) in [6, 6.07) is 16.5. The van der Waals surface area contributed by atoms with Crippen LogP contribution in [0.1, 0.15) is 31.7 Å². The molecule has 2 rings (SSSR count). The number of amides is 1. The van der Waals surface area contributed by atoms with Crippen molar-refractivity contribution in [2.75, 3.05) is 12.4 Å². The fourth-order valence-corrected chi connectivity index (χ4v) is 2.52. The van der Waals surface area contributed by atoms with Crippen molar-refractivity contribution in [3.63, 3.8) is 0 Å². The SMILES string of the molecule is CC[C@H](C(=O)O[C@@H](C)C(=O)Nc1ccccc1OC)c1ccccc1. The van der Waals surface area contributed by atoms with Crippen LogP contribution in [-0.2, 0) is 14.3 Å². The molecule has 0 aliphatic rings. The van der Waals surface area contributed by atoms with E-state index in [0.29, 0.717) is 17.9 Å². The van der Waals surface area contributed by atoms with Gasteiger partial charge in [0.2, 0.25) is 0 Å². The summed E-state index contributed by atoms with van der Waals surface area (Å²) in [5, 5.41) is 2.72. The van der Waals surface area contributed by atoms with Crippen molar-refractivity contribution >= 4 is 17.6 Å². The predicted molar refractivity (Wildman–Crippen MR) is 96.7 cm³/mol. The van der Waals surface area contributed by atoms with Crippen molar-refractivity contribution in [3.05, 3.63) is 60.2 Å². The Hall–Kier alpha value is -2.82. The molecule has 132 valence electrons. The van der Waals surface area contributed by atoms with E-state index in [1.54, 1.807) is 25.1 Å². The van der Waals surface area contributed by atoms with Gasteiger partial charge in [0, 0.05) is 0 Å². The normalized spacial score (nSPS) is 12.8. The smallest absolute Gasteiger partial charge is 0.314 e. The van der Waals surface area contributed by atoms with E-state index in [-0.39, 0.29) is 5.92 Å². The van der Waals surface area contributed by atoms with Crippen LogP contribution in [0.25, 0.3) is 0 Å². The van der Waals surface area contributed by atoms with Gasteiger partial charge in [0.15, 0.2) is 6.10 Å². The highest BCUT2D eigenvalue weighted by atomic mass is 16.5. The molecule has 0 aliphatic heterocycles. The zero-order valence-corrected chi connectivity index (χ0v) is 14.7. The fraction of sp³-hybridized carbons (Fsp3) is 0.300. The number of anilines is 1. The molecule has 2 atom stereocenters. The van der Waals surface area contributed by atoms with Crippen LogP contribution >= 0.6 is 0 Å². The van der Waals surface area contributed by atoms with Gasteiger partial charge in [0.25, 0.3) is 5.91 Å². The number of benzene rings is 2. The van der Waals surface area contributed by atoms with E-state index in [9.17, 15) is 9.59 Å². The third-order valence-corrected chi connectivity index (χ3v) is 3.92. The van der Waals surface area contributed by atoms with Gasteiger partial charge in [-0.25, -0.2) is 0 Å². The van der Waals surface area contributed by atoms with Gasteiger partial charge in [0.05, 0.1) is 18.7 Å². The number of esters is 1. The average Bonchev–Trinajstić information content (AvgIpc) is 2.63. The van der Waals surface area contributed by atoms with Gasteiger partial charge in [-0.3, -0.25) is 9.59 Å². The number of para-hydroxylation sites is 2. The number of hydrogen-bond donors (Lipinski definition) is 1. The molecular weight excluding hydrogens is 318 g/mol. The minimum Gasteiger partial charge on any atom is -0.495 e. The van der Waals surface area contributed by atoms with E-state index in [4.69, 9.17) is 9.47 Å². The summed E-state index contributed by atoms with van der Waals surface area (Å²) in [4.78, 5) is 24.8. The molecule has 1 amide bonds. The Bertz CT molecular complexity index is 715. The van der Waals surface area contributed by atoms with E-state index in [1.807, 2.05) is 43.3 Å². The first-order chi connectivity index (χ1) is 12.1. The number of methoxy groups -OCH3 is 1. The lowest BCUT2D eigenvalue weighted by Gasteiger charge is -2.19. The molecule has 0 aromatic heterocycles. The third kappa shape index (κ3) is 4.83. The van der Waals surface area contributed by atoms with Gasteiger partial charge in [-0.05, 0) is 31.0 Å². The number of nitrogens with one attached hydrogen (secondary N) is 1. The lowest BCUT2D eigenvalue weighted by Crippen LogP contribution is -2.31. The Morgan fingerprint density at radius 3 is 2.32 bits per heavy atom. The standard InChI is InChI=1S/C20H23NO4/c1-4-16(15-10-6-5-7-11-15)20(23)25-14(2)19(22)21-17-12-8-9-13-18(17)24-3/h5-14,16H,4H2,1-3H3,(H,21,22)/t14-,16-/m0/s1. The van der Waals surface area contributed by atoms with Gasteiger partial charge in [0.1, 0.15) is 5.75 Å². The molecule has 2 aromatic carbocycles. The number of carbonyl (C=O) groups excluding carboxylic acids is 2. The van der Waals surface area contributed by atoms with Gasteiger partial charge >= 0.3 is 5.97 Å². The molecule has 0 saturated carbocycles. The third-order valence-electron chi connectivity index (χ3n) is 3.92. The summed E-state index contributed by atoms with van der Waals surface area (Å²) in [7, 11) is 1.53. The van der Waals surface area contributed by atoms with Gasteiger partial charge in [-0.15, -0.1) is 0 Å². The van der Waals surface area contributed by atoms with E-state index in [1.165, 1.54) is 7.11 Å². The first kappa shape index (κ1) is 18.5. The van der Waals surface area contributed by atoms with Gasteiger partial charge in [-0.1, -0.05) is 49.4 Å². The Balaban J connectivity index is 2.01. The Morgan fingerprint density at radius 2 is 1.68 bits per heavy atom. The molecule has 0 spiro atoms. The van der Waals surface area contributed by atoms with E-state index in [2.05, 4.69) is 5.32 Å². The maximum Gasteiger partial charge on any atom is 0.314 e. The summed E-state index contributed by atoms with van der Waals surface area (Å²) in [5.41, 5.74) is 1.42. The van der Waals surface area contributed by atoms with Crippen molar-refractivity contribution in [3.8, 4) is 5.75 Å². The number of ether oxygens (including phenoxy) is 2. The lowest BCUT2D eigenvalue weighted by molar-refractivity contribution is -0.154. The van der Waals surface area contributed by atoms with Crippen molar-refractivity contribution in [2.24, 2.45) is 0 Å². The van der Waals surface area contributed by atoms with E-state index < -0.39 is 18.0 Å². The Kier molecular flexibility index (Phi) is 6.57. The molecule has 0 heterocycles. The molecule has 0 fully saturated rings. The van der Waals surface area contributed by atoms with Crippen LogP contribution in [-0.4, -0.2) is 25.1 Å². The molecule has 0 saturated heterocycles. The second-order valence-corrected chi connectivity index (χ2v) is 5.64. The van der Waals surface area contributed by atoms with Crippen LogP contribution in [0.2, 0.25) is 0 Å². The van der Waals surface area contributed by atoms with Crippen LogP contribution in [0.4, 0.5) is 5.69 Å². The summed E-state index contributed by atoms with van der Waals surface area (Å²) >= 11 is 0. The largest absolute Gasteiger partial charge is 0.495 e. The second kappa shape index (κ2) is 8.87. The topological polar surface area (TPSA) is 64.6 Å². The molecule has 1 N–H and O–H groups in total. The molecule has 0 bridgehead atoms. The molecule has 5 heteroatoms. The van der Waals surface area contributed by atoms with Crippen LogP contribution in [0.3, 0.4) is 0 Å². The summed E-state index contributed by atoms with van der Waals surface area (Å²) < 4.78 is 10.6. The minimum absolute atomic E-state index is 0.386. The first-order valence-corrected chi connectivity index (χ1v) is 8.26. The Morgan fingerprint density at radius 1 is 1.04 bits per heavy atom. The monoisotopic (exact) mass is 341 g/mol. The summed E-state index contributed by atoms with van der Waals surface area (Å²) in [5.74, 6) is -0.648. The number of hydrogen-bond acceptors (Lipinski definition) is 4. The highest BCUT2D eigenvalue weighted by molar-refractivity contribution is 5.96. The molecule has 5 nitrogen and oxygen atoms in total. The van der Waals surface area contributed by atoms with Crippen molar-refractivity contribution < 1.29 is 19.1 Å². The first-order valence-electron chi connectivity index (χ1n) is 8.26. The zero-order chi connectivity index (χ0) is 18.2. The molecule has 25 heavy (non-hydrogen) atoms. The molecule has 2 aromatic rings. The van der Waals surface area contributed by atoms with Crippen molar-refractivity contribution in [1.82, 2.24) is 0 Å². The van der Waals surface area contributed by atoms with Crippen LogP contribution in [0.15, 0.2) is 54.6 Å². The van der Waals surface area contributed by atoms with Crippen molar-refractivity contribution in [2.45, 2.75) is 32.3 Å². The summed E-state index contributed by atoms with van der Waals surface area (Å²) in [6.07, 6.45) is -0.306. The van der Waals surface area contributed by atoms with E-state index in [0.717, 1.165) is 5.56 Å². The number of carbonyl (C=O) groups is 2. The van der Waals surface area contributed by atoms with Crippen LogP contribution in [0, 0.1) is 0 Å². The van der Waals surface area contributed by atoms with Gasteiger partial charge in [-0.2, -0.15) is 0 Å². The predicted octanol–water partition coefficient (Wildman–Crippen LogP) is 3.76. The lowest BCUT2D eigenvalue weighted by atomic mass is 9.97. The van der Waals surface area contributed by atoms with Crippen LogP contribution in [0.5, 0.6) is 5.75 Å². The van der Waals surface area contributed by atoms with Crippen molar-refractivity contribution in [1.29, 1.82) is 0 Å². The molecule has 0 unspecified atom stereocenters. The quantitative estimate of drug-likeness (QED) is 0.779. The zero-order valence-electron chi connectivity index (χ0n) is 14.7. The maximum absolute atomic E-state index is 12.4. The highest BCUT2D eigenvalue weighted by Crippen LogP contribution is 2.24. The van der Waals surface area contributed by atoms with Gasteiger partial charge < -0.3 is 14.8 Å².